The van der Waals surface area contributed by atoms with Crippen LogP contribution in [0, 0.1) is 0 Å². The number of nitrogens with one attached hydrogen (secondary N) is 1. The molecule has 0 aromatic heterocycles. The van der Waals surface area contributed by atoms with Crippen LogP contribution in [0.1, 0.15) is 71.6 Å². The molecule has 196 valence electrons. The van der Waals surface area contributed by atoms with Crippen LogP contribution in [-0.2, 0) is 16.1 Å². The van der Waals surface area contributed by atoms with Crippen molar-refractivity contribution in [2.45, 2.75) is 85.2 Å². The number of nitrogens with two attached hydrogens (primary N) is 1. The molecular formula is C29H42N4O3. The van der Waals surface area contributed by atoms with E-state index in [2.05, 4.69) is 46.6 Å². The first-order valence-corrected chi connectivity index (χ1v) is 12.7. The van der Waals surface area contributed by atoms with Gasteiger partial charge in [-0.15, -0.1) is 0 Å². The Balaban J connectivity index is 0.00000361. The average Bonchev–Trinajstić information content (AvgIpc) is 2.80. The van der Waals surface area contributed by atoms with E-state index in [9.17, 15) is 9.59 Å². The number of ether oxygens (including phenoxy) is 1. The van der Waals surface area contributed by atoms with E-state index in [1.165, 1.54) is 5.56 Å². The molecule has 2 atom stereocenters. The second-order valence-corrected chi connectivity index (χ2v) is 10.2. The summed E-state index contributed by atoms with van der Waals surface area (Å²) in [5.74, 6) is -0.00210. The minimum Gasteiger partial charge on any atom is -0.447 e. The fraction of sp³-hybridized carbons (Fsp3) is 0.517. The second-order valence-electron chi connectivity index (χ2n) is 10.2. The van der Waals surface area contributed by atoms with Crippen LogP contribution in [0.2, 0.25) is 0 Å². The van der Waals surface area contributed by atoms with Gasteiger partial charge in [-0.05, 0) is 87.5 Å². The summed E-state index contributed by atoms with van der Waals surface area (Å²) in [6.45, 7) is 10.3. The maximum absolute atomic E-state index is 12.4. The highest BCUT2D eigenvalue weighted by Crippen LogP contribution is 2.39. The van der Waals surface area contributed by atoms with Gasteiger partial charge < -0.3 is 20.7 Å². The van der Waals surface area contributed by atoms with Gasteiger partial charge in [0.1, 0.15) is 0 Å². The third-order valence-electron chi connectivity index (χ3n) is 6.98. The number of nitrogens with zero attached hydrogens (tertiary/aromatic N) is 2. The van der Waals surface area contributed by atoms with Crippen molar-refractivity contribution in [2.24, 2.45) is 5.73 Å². The molecule has 2 heterocycles. The standard InChI is InChI=1S/C28H38N4O3.CH4/c1-18(2)35-28(34)30-26-15-19(3)32(20(4)33)27-10-9-23(16-25(26)27)22-7-5-21(6-8-22)17-31-13-11-24(29)12-14-31;/h5-10,16,18-19,24,26H,11-15,17,29H2,1-4H3,(H,30,34);1H4/t19-,26+;/m0./s1. The number of likely N-dealkylation sites (tertiary alicyclic amines) is 1. The second kappa shape index (κ2) is 11.9. The van der Waals surface area contributed by atoms with Crippen molar-refractivity contribution in [1.29, 1.82) is 0 Å². The highest BCUT2D eigenvalue weighted by molar-refractivity contribution is 5.94. The van der Waals surface area contributed by atoms with Crippen molar-refractivity contribution in [3.8, 4) is 11.1 Å². The number of alkyl carbamates (subject to hydrolysis) is 1. The van der Waals surface area contributed by atoms with E-state index in [-0.39, 0.29) is 31.5 Å². The lowest BCUT2D eigenvalue weighted by Gasteiger charge is -2.39. The maximum atomic E-state index is 12.4. The zero-order valence-corrected chi connectivity index (χ0v) is 21.3. The molecule has 0 bridgehead atoms. The van der Waals surface area contributed by atoms with Gasteiger partial charge in [0.2, 0.25) is 5.91 Å². The number of carbonyl (C=O) groups is 2. The Morgan fingerprint density at radius 3 is 2.33 bits per heavy atom. The molecular weight excluding hydrogens is 452 g/mol. The minimum absolute atomic E-state index is 0. The number of hydrogen-bond donors (Lipinski definition) is 2. The van der Waals surface area contributed by atoms with E-state index in [1.54, 1.807) is 6.92 Å². The number of amides is 2. The maximum Gasteiger partial charge on any atom is 0.407 e. The summed E-state index contributed by atoms with van der Waals surface area (Å²) in [5, 5.41) is 3.02. The van der Waals surface area contributed by atoms with Gasteiger partial charge in [0.25, 0.3) is 0 Å². The quantitative estimate of drug-likeness (QED) is 0.594. The van der Waals surface area contributed by atoms with Gasteiger partial charge in [-0.2, -0.15) is 0 Å². The lowest BCUT2D eigenvalue weighted by atomic mass is 9.89. The zero-order chi connectivity index (χ0) is 25.1. The molecule has 2 aliphatic heterocycles. The number of fused-ring (bicyclic) bond motifs is 1. The molecule has 2 amide bonds. The molecule has 0 unspecified atom stereocenters. The first kappa shape index (κ1) is 27.7. The third-order valence-corrected chi connectivity index (χ3v) is 6.98. The number of piperidine rings is 1. The third kappa shape index (κ3) is 6.45. The van der Waals surface area contributed by atoms with Gasteiger partial charge in [-0.3, -0.25) is 9.69 Å². The van der Waals surface area contributed by atoms with Crippen LogP contribution in [0.5, 0.6) is 0 Å². The molecule has 7 heteroatoms. The highest BCUT2D eigenvalue weighted by Gasteiger charge is 2.33. The van der Waals surface area contributed by atoms with Gasteiger partial charge in [-0.25, -0.2) is 4.79 Å². The van der Waals surface area contributed by atoms with Gasteiger partial charge in [0, 0.05) is 31.2 Å². The fourth-order valence-electron chi connectivity index (χ4n) is 5.22. The molecule has 0 spiro atoms. The summed E-state index contributed by atoms with van der Waals surface area (Å²) >= 11 is 0. The minimum atomic E-state index is -0.437. The summed E-state index contributed by atoms with van der Waals surface area (Å²) in [5.41, 5.74) is 11.3. The lowest BCUT2D eigenvalue weighted by molar-refractivity contribution is -0.117. The van der Waals surface area contributed by atoms with Gasteiger partial charge in [0.05, 0.1) is 12.1 Å². The van der Waals surface area contributed by atoms with E-state index in [4.69, 9.17) is 10.5 Å². The molecule has 0 aliphatic carbocycles. The molecule has 0 saturated carbocycles. The molecule has 4 rings (SSSR count). The predicted octanol–water partition coefficient (Wildman–Crippen LogP) is 5.23. The van der Waals surface area contributed by atoms with Crippen LogP contribution in [0.25, 0.3) is 11.1 Å². The first-order chi connectivity index (χ1) is 16.7. The Hall–Kier alpha value is -2.90. The Morgan fingerprint density at radius 2 is 1.72 bits per heavy atom. The van der Waals surface area contributed by atoms with Crippen LogP contribution in [-0.4, -0.2) is 48.2 Å². The van der Waals surface area contributed by atoms with Crippen LogP contribution >= 0.6 is 0 Å². The fourth-order valence-corrected chi connectivity index (χ4v) is 5.22. The Labute approximate surface area is 216 Å². The van der Waals surface area contributed by atoms with E-state index >= 15 is 0 Å². The molecule has 1 saturated heterocycles. The van der Waals surface area contributed by atoms with E-state index in [0.29, 0.717) is 12.5 Å². The molecule has 3 N–H and O–H groups in total. The normalized spacial score (nSPS) is 20.4. The van der Waals surface area contributed by atoms with E-state index in [0.717, 1.165) is 54.9 Å². The highest BCUT2D eigenvalue weighted by atomic mass is 16.6. The summed E-state index contributed by atoms with van der Waals surface area (Å²) in [7, 11) is 0. The van der Waals surface area contributed by atoms with Crippen LogP contribution in [0.3, 0.4) is 0 Å². The number of rotatable bonds is 5. The summed E-state index contributed by atoms with van der Waals surface area (Å²) in [6, 6.07) is 14.9. The van der Waals surface area contributed by atoms with Gasteiger partial charge in [-0.1, -0.05) is 37.8 Å². The number of carbonyl (C=O) groups excluding carboxylic acids is 2. The van der Waals surface area contributed by atoms with Crippen LogP contribution < -0.4 is 16.0 Å². The number of anilines is 1. The first-order valence-electron chi connectivity index (χ1n) is 12.7. The Kier molecular flexibility index (Phi) is 9.14. The molecule has 1 fully saturated rings. The molecule has 7 nitrogen and oxygen atoms in total. The molecule has 0 radical (unpaired) electrons. The lowest BCUT2D eigenvalue weighted by Crippen LogP contribution is -2.45. The van der Waals surface area contributed by atoms with Crippen molar-refractivity contribution < 1.29 is 14.3 Å². The Bertz CT molecular complexity index is 1040. The van der Waals surface area contributed by atoms with Crippen molar-refractivity contribution in [1.82, 2.24) is 10.2 Å². The molecule has 2 aliphatic rings. The molecule has 2 aromatic rings. The average molecular weight is 495 g/mol. The van der Waals surface area contributed by atoms with Crippen LogP contribution in [0.15, 0.2) is 42.5 Å². The molecule has 36 heavy (non-hydrogen) atoms. The van der Waals surface area contributed by atoms with Gasteiger partial charge in [0.15, 0.2) is 0 Å². The smallest absolute Gasteiger partial charge is 0.407 e. The van der Waals surface area contributed by atoms with Crippen molar-refractivity contribution in [3.63, 3.8) is 0 Å². The van der Waals surface area contributed by atoms with Gasteiger partial charge >= 0.3 is 6.09 Å². The molecule has 2 aromatic carbocycles. The summed E-state index contributed by atoms with van der Waals surface area (Å²) in [6.07, 6.45) is 2.11. The summed E-state index contributed by atoms with van der Waals surface area (Å²) in [4.78, 5) is 29.1. The van der Waals surface area contributed by atoms with E-state index < -0.39 is 6.09 Å². The predicted molar refractivity (Wildman–Crippen MR) is 146 cm³/mol. The van der Waals surface area contributed by atoms with Crippen molar-refractivity contribution >= 4 is 17.7 Å². The van der Waals surface area contributed by atoms with Crippen molar-refractivity contribution in [2.75, 3.05) is 18.0 Å². The zero-order valence-electron chi connectivity index (χ0n) is 21.3. The summed E-state index contributed by atoms with van der Waals surface area (Å²) < 4.78 is 5.33. The number of benzene rings is 2. The number of hydrogen-bond acceptors (Lipinski definition) is 5. The van der Waals surface area contributed by atoms with Crippen molar-refractivity contribution in [3.05, 3.63) is 53.6 Å². The monoisotopic (exact) mass is 494 g/mol. The van der Waals surface area contributed by atoms with E-state index in [1.807, 2.05) is 31.7 Å². The largest absolute Gasteiger partial charge is 0.447 e. The Morgan fingerprint density at radius 1 is 1.08 bits per heavy atom. The topological polar surface area (TPSA) is 87.9 Å². The van der Waals surface area contributed by atoms with Crippen LogP contribution in [0.4, 0.5) is 10.5 Å². The SMILES string of the molecule is C.CC(=O)N1c2ccc(-c3ccc(CN4CCC(N)CC4)cc3)cc2[C@H](NC(=O)OC(C)C)C[C@@H]1C.